The zero-order chi connectivity index (χ0) is 34.5. The molecule has 1 amide bonds. The third-order valence-corrected chi connectivity index (χ3v) is 7.88. The average molecular weight is 651 g/mol. The highest BCUT2D eigenvalue weighted by Crippen LogP contribution is 2.20. The van der Waals surface area contributed by atoms with Crippen LogP contribution in [0.2, 0.25) is 0 Å². The minimum atomic E-state index is -0.658. The van der Waals surface area contributed by atoms with E-state index >= 15 is 0 Å². The van der Waals surface area contributed by atoms with Crippen LogP contribution in [0.15, 0.2) is 5.11 Å². The van der Waals surface area contributed by atoms with Crippen molar-refractivity contribution in [2.24, 2.45) is 10.5 Å². The highest BCUT2D eigenvalue weighted by atomic mass is 16.6. The zero-order valence-corrected chi connectivity index (χ0v) is 30.2. The van der Waals surface area contributed by atoms with Crippen LogP contribution < -0.4 is 0 Å². The SMILES string of the molecule is CC(C)(C)CN1CCN(CC(=O)OC(C)(C)C)CCN([C@H](CCC(=O)N2CCN(CCCN=[N+]=[N-])CC2)C(=O)OC(C)(C)C)CC1. The van der Waals surface area contributed by atoms with Gasteiger partial charge in [-0.3, -0.25) is 29.1 Å². The van der Waals surface area contributed by atoms with Crippen molar-refractivity contribution in [3.05, 3.63) is 10.4 Å². The van der Waals surface area contributed by atoms with Crippen molar-refractivity contribution in [1.29, 1.82) is 0 Å². The maximum Gasteiger partial charge on any atom is 0.323 e. The standard InChI is InChI=1S/C33H62N8O5/c1-31(2,3)26-39-16-15-38(25-29(43)45-32(4,5)6)19-21-40(22-20-39)27(30(44)46-33(7,8)9)11-12-28(42)41-23-17-37(18-24-41)14-10-13-35-36-34/h27H,10-26H2,1-9H3/t27-/m1/s1. The second-order valence-corrected chi connectivity index (χ2v) is 15.9. The van der Waals surface area contributed by atoms with Crippen LogP contribution in [-0.4, -0.2) is 151 Å². The Bertz CT molecular complexity index is 1020. The Morgan fingerprint density at radius 2 is 1.30 bits per heavy atom. The molecule has 2 aliphatic heterocycles. The zero-order valence-electron chi connectivity index (χ0n) is 30.2. The second kappa shape index (κ2) is 18.2. The Hall–Kier alpha value is -2.44. The first-order chi connectivity index (χ1) is 21.3. The van der Waals surface area contributed by atoms with E-state index in [0.29, 0.717) is 45.7 Å². The first-order valence-electron chi connectivity index (χ1n) is 17.0. The van der Waals surface area contributed by atoms with Gasteiger partial charge in [0.2, 0.25) is 5.91 Å². The number of piperazine rings is 1. The Morgan fingerprint density at radius 3 is 1.87 bits per heavy atom. The number of hydrogen-bond donors (Lipinski definition) is 0. The minimum absolute atomic E-state index is 0.0486. The monoisotopic (exact) mass is 650 g/mol. The Balaban J connectivity index is 2.17. The van der Waals surface area contributed by atoms with E-state index in [1.807, 2.05) is 46.4 Å². The molecule has 13 heteroatoms. The highest BCUT2D eigenvalue weighted by Gasteiger charge is 2.33. The van der Waals surface area contributed by atoms with E-state index in [1.165, 1.54) is 0 Å². The van der Waals surface area contributed by atoms with Gasteiger partial charge < -0.3 is 19.3 Å². The van der Waals surface area contributed by atoms with E-state index < -0.39 is 17.2 Å². The first kappa shape index (κ1) is 39.7. The fourth-order valence-electron chi connectivity index (χ4n) is 5.88. The lowest BCUT2D eigenvalue weighted by Gasteiger charge is -2.36. The molecule has 2 aliphatic rings. The predicted octanol–water partition coefficient (Wildman–Crippen LogP) is 3.63. The fourth-order valence-corrected chi connectivity index (χ4v) is 5.88. The summed E-state index contributed by atoms with van der Waals surface area (Å²) in [6, 6.07) is -0.580. The lowest BCUT2D eigenvalue weighted by Crippen LogP contribution is -2.51. The number of nitrogens with zero attached hydrogens (tertiary/aromatic N) is 8. The predicted molar refractivity (Wildman–Crippen MR) is 180 cm³/mol. The Labute approximate surface area is 277 Å². The molecule has 2 rings (SSSR count). The summed E-state index contributed by atoms with van der Waals surface area (Å²) in [5.41, 5.74) is 7.34. The molecule has 2 heterocycles. The van der Waals surface area contributed by atoms with Crippen LogP contribution in [0.3, 0.4) is 0 Å². The number of azide groups is 1. The molecule has 0 unspecified atom stereocenters. The molecule has 0 aromatic rings. The van der Waals surface area contributed by atoms with E-state index in [9.17, 15) is 14.4 Å². The van der Waals surface area contributed by atoms with Crippen LogP contribution in [0.4, 0.5) is 0 Å². The molecule has 264 valence electrons. The van der Waals surface area contributed by atoms with Crippen molar-refractivity contribution < 1.29 is 23.9 Å². The maximum absolute atomic E-state index is 13.7. The molecule has 2 fully saturated rings. The molecule has 0 spiro atoms. The van der Waals surface area contributed by atoms with Crippen molar-refractivity contribution >= 4 is 17.8 Å². The van der Waals surface area contributed by atoms with Gasteiger partial charge in [0.05, 0.1) is 6.54 Å². The molecule has 1 atom stereocenters. The first-order valence-corrected chi connectivity index (χ1v) is 17.0. The molecule has 13 nitrogen and oxygen atoms in total. The van der Waals surface area contributed by atoms with Crippen molar-refractivity contribution in [3.8, 4) is 0 Å². The molecule has 0 bridgehead atoms. The summed E-state index contributed by atoms with van der Waals surface area (Å²) < 4.78 is 11.5. The van der Waals surface area contributed by atoms with Gasteiger partial charge in [-0.05, 0) is 71.9 Å². The summed E-state index contributed by atoms with van der Waals surface area (Å²) in [5, 5.41) is 3.60. The van der Waals surface area contributed by atoms with Crippen LogP contribution in [0.5, 0.6) is 0 Å². The van der Waals surface area contributed by atoms with Crippen molar-refractivity contribution in [2.45, 2.75) is 98.8 Å². The second-order valence-electron chi connectivity index (χ2n) is 15.9. The highest BCUT2D eigenvalue weighted by molar-refractivity contribution is 5.79. The third-order valence-electron chi connectivity index (χ3n) is 7.88. The van der Waals surface area contributed by atoms with Gasteiger partial charge in [-0.1, -0.05) is 25.9 Å². The summed E-state index contributed by atoms with van der Waals surface area (Å²) in [6.45, 7) is 27.2. The molecular weight excluding hydrogens is 588 g/mol. The number of carbonyl (C=O) groups excluding carboxylic acids is 3. The van der Waals surface area contributed by atoms with E-state index in [1.54, 1.807) is 0 Å². The fraction of sp³-hybridized carbons (Fsp3) is 0.909. The topological polar surface area (TPSA) is 135 Å². The van der Waals surface area contributed by atoms with Crippen LogP contribution in [0, 0.1) is 5.41 Å². The average Bonchev–Trinajstić information content (AvgIpc) is 3.00. The number of rotatable bonds is 12. The van der Waals surface area contributed by atoms with Gasteiger partial charge in [0.15, 0.2) is 0 Å². The molecular formula is C33H62N8O5. The van der Waals surface area contributed by atoms with Gasteiger partial charge in [0.25, 0.3) is 0 Å². The molecule has 0 aromatic heterocycles. The molecule has 2 saturated heterocycles. The van der Waals surface area contributed by atoms with Gasteiger partial charge in [-0.2, -0.15) is 0 Å². The van der Waals surface area contributed by atoms with Crippen molar-refractivity contribution in [2.75, 3.05) is 91.6 Å². The van der Waals surface area contributed by atoms with Gasteiger partial charge in [-0.25, -0.2) is 0 Å². The summed E-state index contributed by atoms with van der Waals surface area (Å²) >= 11 is 0. The quantitative estimate of drug-likeness (QED) is 0.102. The van der Waals surface area contributed by atoms with Crippen LogP contribution in [-0.2, 0) is 23.9 Å². The molecule has 0 radical (unpaired) electrons. The number of amides is 1. The van der Waals surface area contributed by atoms with Crippen LogP contribution in [0.1, 0.15) is 81.6 Å². The molecule has 0 saturated carbocycles. The summed E-state index contributed by atoms with van der Waals surface area (Å²) in [7, 11) is 0. The van der Waals surface area contributed by atoms with E-state index in [2.05, 4.69) is 50.4 Å². The van der Waals surface area contributed by atoms with Crippen molar-refractivity contribution in [1.82, 2.24) is 24.5 Å². The van der Waals surface area contributed by atoms with Gasteiger partial charge in [0, 0.05) is 89.9 Å². The molecule has 0 N–H and O–H groups in total. The largest absolute Gasteiger partial charge is 0.459 e. The molecule has 46 heavy (non-hydrogen) atoms. The smallest absolute Gasteiger partial charge is 0.323 e. The molecule has 0 aromatic carbocycles. The number of esters is 2. The minimum Gasteiger partial charge on any atom is -0.459 e. The third kappa shape index (κ3) is 16.4. The normalized spacial score (nSPS) is 19.4. The Morgan fingerprint density at radius 1 is 0.761 bits per heavy atom. The number of hydrogen-bond acceptors (Lipinski definition) is 10. The Kier molecular flexibility index (Phi) is 15.7. The lowest BCUT2D eigenvalue weighted by molar-refractivity contribution is -0.162. The number of carbonyl (C=O) groups is 3. The van der Waals surface area contributed by atoms with Crippen LogP contribution >= 0.6 is 0 Å². The van der Waals surface area contributed by atoms with E-state index in [-0.39, 0.29) is 36.2 Å². The number of ether oxygens (including phenoxy) is 2. The van der Waals surface area contributed by atoms with Gasteiger partial charge >= 0.3 is 11.9 Å². The van der Waals surface area contributed by atoms with Crippen LogP contribution in [0.25, 0.3) is 10.4 Å². The van der Waals surface area contributed by atoms with E-state index in [0.717, 1.165) is 52.2 Å². The lowest BCUT2D eigenvalue weighted by atomic mass is 9.96. The summed E-state index contributed by atoms with van der Waals surface area (Å²) in [6.07, 6.45) is 1.42. The van der Waals surface area contributed by atoms with E-state index in [4.69, 9.17) is 15.0 Å². The van der Waals surface area contributed by atoms with Gasteiger partial charge in [-0.15, -0.1) is 0 Å². The van der Waals surface area contributed by atoms with Gasteiger partial charge in [0.1, 0.15) is 17.2 Å². The maximum atomic E-state index is 13.7. The van der Waals surface area contributed by atoms with Crippen molar-refractivity contribution in [3.63, 3.8) is 0 Å². The summed E-state index contributed by atoms with van der Waals surface area (Å²) in [5.74, 6) is -0.524. The summed E-state index contributed by atoms with van der Waals surface area (Å²) in [4.78, 5) is 53.6. The molecule has 0 aliphatic carbocycles.